The van der Waals surface area contributed by atoms with Crippen LogP contribution in [0.5, 0.6) is 0 Å². The van der Waals surface area contributed by atoms with Crippen LogP contribution in [0, 0.1) is 11.8 Å². The van der Waals surface area contributed by atoms with Crippen molar-refractivity contribution in [2.75, 3.05) is 33.0 Å². The second-order valence-electron chi connectivity index (χ2n) is 5.23. The summed E-state index contributed by atoms with van der Waals surface area (Å²) in [7, 11) is 0. The molecule has 0 saturated carbocycles. The summed E-state index contributed by atoms with van der Waals surface area (Å²) in [5, 5.41) is 3.69. The summed E-state index contributed by atoms with van der Waals surface area (Å²) >= 11 is 0. The van der Waals surface area contributed by atoms with Gasteiger partial charge in [-0.15, -0.1) is 0 Å². The van der Waals surface area contributed by atoms with Gasteiger partial charge in [0.1, 0.15) is 0 Å². The number of hydrogen-bond acceptors (Lipinski definition) is 3. The molecule has 2 aliphatic heterocycles. The van der Waals surface area contributed by atoms with E-state index in [1.807, 2.05) is 0 Å². The van der Waals surface area contributed by atoms with Crippen LogP contribution in [-0.2, 0) is 9.47 Å². The molecule has 0 bridgehead atoms. The third kappa shape index (κ3) is 3.72. The Bertz CT molecular complexity index is 186. The van der Waals surface area contributed by atoms with E-state index < -0.39 is 0 Å². The zero-order valence-corrected chi connectivity index (χ0v) is 10.4. The Hall–Kier alpha value is -0.120. The van der Waals surface area contributed by atoms with Crippen LogP contribution < -0.4 is 5.32 Å². The highest BCUT2D eigenvalue weighted by atomic mass is 16.5. The number of hydrogen-bond donors (Lipinski definition) is 1. The number of nitrogens with one attached hydrogen (secondary N) is 1. The zero-order valence-electron chi connectivity index (χ0n) is 10.4. The summed E-state index contributed by atoms with van der Waals surface area (Å²) < 4.78 is 10.9. The van der Waals surface area contributed by atoms with E-state index in [0.29, 0.717) is 6.04 Å². The van der Waals surface area contributed by atoms with Gasteiger partial charge >= 0.3 is 0 Å². The summed E-state index contributed by atoms with van der Waals surface area (Å²) in [6.07, 6.45) is 5.00. The summed E-state index contributed by atoms with van der Waals surface area (Å²) in [6.45, 7) is 7.25. The van der Waals surface area contributed by atoms with E-state index in [0.717, 1.165) is 44.8 Å². The summed E-state index contributed by atoms with van der Waals surface area (Å²) in [5.74, 6) is 1.54. The van der Waals surface area contributed by atoms with Gasteiger partial charge in [0.15, 0.2) is 0 Å². The van der Waals surface area contributed by atoms with Gasteiger partial charge < -0.3 is 14.8 Å². The van der Waals surface area contributed by atoms with Crippen LogP contribution in [0.3, 0.4) is 0 Å². The minimum absolute atomic E-state index is 0.630. The smallest absolute Gasteiger partial charge is 0.0506 e. The van der Waals surface area contributed by atoms with Crippen molar-refractivity contribution in [3.63, 3.8) is 0 Å². The fraction of sp³-hybridized carbons (Fsp3) is 1.00. The first-order valence-electron chi connectivity index (χ1n) is 6.75. The maximum absolute atomic E-state index is 5.50. The van der Waals surface area contributed by atoms with Gasteiger partial charge in [-0.25, -0.2) is 0 Å². The first-order valence-corrected chi connectivity index (χ1v) is 6.75. The molecular formula is C13H25NO2. The van der Waals surface area contributed by atoms with E-state index in [4.69, 9.17) is 9.47 Å². The molecule has 1 N–H and O–H groups in total. The maximum Gasteiger partial charge on any atom is 0.0506 e. The second kappa shape index (κ2) is 6.58. The van der Waals surface area contributed by atoms with Gasteiger partial charge in [-0.05, 0) is 44.4 Å². The quantitative estimate of drug-likeness (QED) is 0.794. The van der Waals surface area contributed by atoms with Crippen LogP contribution in [0.15, 0.2) is 0 Å². The standard InChI is InChI=1S/C13H25NO2/c1-11(13-4-7-15-8-5-13)14-9-12-3-2-6-16-10-12/h11-14H,2-10H2,1H3. The normalized spacial score (nSPS) is 30.2. The number of ether oxygens (including phenoxy) is 2. The highest BCUT2D eigenvalue weighted by Crippen LogP contribution is 2.19. The topological polar surface area (TPSA) is 30.5 Å². The van der Waals surface area contributed by atoms with Gasteiger partial charge in [-0.3, -0.25) is 0 Å². The first-order chi connectivity index (χ1) is 7.86. The summed E-state index contributed by atoms with van der Waals surface area (Å²) in [6, 6.07) is 0.630. The Balaban J connectivity index is 1.63. The molecule has 2 saturated heterocycles. The lowest BCUT2D eigenvalue weighted by molar-refractivity contribution is 0.0434. The minimum Gasteiger partial charge on any atom is -0.381 e. The largest absolute Gasteiger partial charge is 0.381 e. The van der Waals surface area contributed by atoms with Crippen LogP contribution in [0.1, 0.15) is 32.6 Å². The van der Waals surface area contributed by atoms with Crippen molar-refractivity contribution in [3.05, 3.63) is 0 Å². The average Bonchev–Trinajstić information content (AvgIpc) is 2.38. The second-order valence-corrected chi connectivity index (χ2v) is 5.23. The molecule has 2 atom stereocenters. The molecule has 2 fully saturated rings. The molecule has 2 heterocycles. The fourth-order valence-electron chi connectivity index (χ4n) is 2.70. The fourth-order valence-corrected chi connectivity index (χ4v) is 2.70. The van der Waals surface area contributed by atoms with E-state index in [9.17, 15) is 0 Å². The first kappa shape index (κ1) is 12.3. The van der Waals surface area contributed by atoms with Crippen molar-refractivity contribution in [1.82, 2.24) is 5.32 Å². The molecule has 0 aliphatic carbocycles. The predicted octanol–water partition coefficient (Wildman–Crippen LogP) is 1.82. The van der Waals surface area contributed by atoms with Crippen molar-refractivity contribution in [3.8, 4) is 0 Å². The molecule has 2 rings (SSSR count). The van der Waals surface area contributed by atoms with Crippen molar-refractivity contribution in [1.29, 1.82) is 0 Å². The molecule has 94 valence electrons. The lowest BCUT2D eigenvalue weighted by atomic mass is 9.92. The molecule has 0 aromatic carbocycles. The average molecular weight is 227 g/mol. The van der Waals surface area contributed by atoms with E-state index in [2.05, 4.69) is 12.2 Å². The molecule has 2 unspecified atom stereocenters. The van der Waals surface area contributed by atoms with Gasteiger partial charge in [0.25, 0.3) is 0 Å². The van der Waals surface area contributed by atoms with Gasteiger partial charge in [-0.1, -0.05) is 0 Å². The van der Waals surface area contributed by atoms with E-state index >= 15 is 0 Å². The molecule has 3 nitrogen and oxygen atoms in total. The highest BCUT2D eigenvalue weighted by molar-refractivity contribution is 4.76. The molecule has 0 aromatic heterocycles. The van der Waals surface area contributed by atoms with Crippen LogP contribution in [0.25, 0.3) is 0 Å². The third-order valence-electron chi connectivity index (χ3n) is 3.96. The Kier molecular flexibility index (Phi) is 5.07. The van der Waals surface area contributed by atoms with Gasteiger partial charge in [-0.2, -0.15) is 0 Å². The lowest BCUT2D eigenvalue weighted by Crippen LogP contribution is -2.40. The van der Waals surface area contributed by atoms with E-state index in [-0.39, 0.29) is 0 Å². The molecule has 0 aromatic rings. The summed E-state index contributed by atoms with van der Waals surface area (Å²) in [4.78, 5) is 0. The monoisotopic (exact) mass is 227 g/mol. The van der Waals surface area contributed by atoms with E-state index in [1.165, 1.54) is 25.7 Å². The van der Waals surface area contributed by atoms with Crippen molar-refractivity contribution < 1.29 is 9.47 Å². The van der Waals surface area contributed by atoms with Gasteiger partial charge in [0, 0.05) is 32.4 Å². The number of rotatable bonds is 4. The van der Waals surface area contributed by atoms with Crippen LogP contribution in [-0.4, -0.2) is 39.0 Å². The van der Waals surface area contributed by atoms with Crippen LogP contribution >= 0.6 is 0 Å². The molecule has 0 amide bonds. The lowest BCUT2D eigenvalue weighted by Gasteiger charge is -2.30. The van der Waals surface area contributed by atoms with E-state index in [1.54, 1.807) is 0 Å². The Morgan fingerprint density at radius 1 is 1.12 bits per heavy atom. The molecule has 0 spiro atoms. The predicted molar refractivity (Wildman–Crippen MR) is 64.6 cm³/mol. The van der Waals surface area contributed by atoms with Gasteiger partial charge in [0.05, 0.1) is 6.61 Å². The Labute approximate surface area is 98.9 Å². The van der Waals surface area contributed by atoms with Crippen molar-refractivity contribution >= 4 is 0 Å². The molecular weight excluding hydrogens is 202 g/mol. The molecule has 16 heavy (non-hydrogen) atoms. The molecule has 0 radical (unpaired) electrons. The highest BCUT2D eigenvalue weighted by Gasteiger charge is 2.21. The van der Waals surface area contributed by atoms with Crippen molar-refractivity contribution in [2.24, 2.45) is 11.8 Å². The zero-order chi connectivity index (χ0) is 11.2. The van der Waals surface area contributed by atoms with Gasteiger partial charge in [0.2, 0.25) is 0 Å². The Morgan fingerprint density at radius 3 is 2.62 bits per heavy atom. The van der Waals surface area contributed by atoms with Crippen LogP contribution in [0.4, 0.5) is 0 Å². The third-order valence-corrected chi connectivity index (χ3v) is 3.96. The van der Waals surface area contributed by atoms with Crippen LogP contribution in [0.2, 0.25) is 0 Å². The minimum atomic E-state index is 0.630. The summed E-state index contributed by atoms with van der Waals surface area (Å²) in [5.41, 5.74) is 0. The molecule has 3 heteroatoms. The Morgan fingerprint density at radius 2 is 1.94 bits per heavy atom. The van der Waals surface area contributed by atoms with Crippen molar-refractivity contribution in [2.45, 2.75) is 38.6 Å². The maximum atomic E-state index is 5.50. The molecule has 2 aliphatic rings. The SMILES string of the molecule is CC(NCC1CCCOC1)C1CCOCC1.